The second kappa shape index (κ2) is 6.72. The minimum absolute atomic E-state index is 0.119. The van der Waals surface area contributed by atoms with Gasteiger partial charge in [-0.1, -0.05) is 24.3 Å². The van der Waals surface area contributed by atoms with Gasteiger partial charge in [0.05, 0.1) is 10.2 Å². The number of thioether (sulfide) groups is 1. The van der Waals surface area contributed by atoms with Crippen LogP contribution in [0.15, 0.2) is 41.3 Å². The first-order valence-corrected chi connectivity index (χ1v) is 9.29. The maximum atomic E-state index is 12.4. The van der Waals surface area contributed by atoms with Crippen molar-refractivity contribution in [1.82, 2.24) is 4.98 Å². The van der Waals surface area contributed by atoms with Crippen LogP contribution in [0, 0.1) is 13.8 Å². The van der Waals surface area contributed by atoms with Crippen molar-refractivity contribution in [2.24, 2.45) is 0 Å². The van der Waals surface area contributed by atoms with Gasteiger partial charge in [0, 0.05) is 10.5 Å². The number of carbonyl (C=O) groups is 1. The highest BCUT2D eigenvalue weighted by Crippen LogP contribution is 2.29. The number of nitrogens with one attached hydrogen (secondary N) is 1. The summed E-state index contributed by atoms with van der Waals surface area (Å²) in [5, 5.41) is 3.55. The maximum absolute atomic E-state index is 12.4. The fourth-order valence-corrected chi connectivity index (χ4v) is 4.16. The Kier molecular flexibility index (Phi) is 4.68. The average molecular weight is 342 g/mol. The van der Waals surface area contributed by atoms with Gasteiger partial charge >= 0.3 is 0 Å². The molecule has 0 atom stereocenters. The number of amides is 1. The molecule has 3 nitrogen and oxygen atoms in total. The largest absolute Gasteiger partial charge is 0.298 e. The summed E-state index contributed by atoms with van der Waals surface area (Å²) in [5.74, 6) is 0.905. The smallest absolute Gasteiger partial charge is 0.257 e. The summed E-state index contributed by atoms with van der Waals surface area (Å²) in [4.78, 5) is 18.1. The lowest BCUT2D eigenvalue weighted by Crippen LogP contribution is -2.11. The van der Waals surface area contributed by atoms with E-state index in [2.05, 4.69) is 36.3 Å². The molecule has 1 amide bonds. The van der Waals surface area contributed by atoms with Gasteiger partial charge in [-0.05, 0) is 61.1 Å². The van der Waals surface area contributed by atoms with Crippen molar-refractivity contribution in [1.29, 1.82) is 0 Å². The van der Waals surface area contributed by atoms with Crippen LogP contribution in [0.3, 0.4) is 0 Å². The minimum Gasteiger partial charge on any atom is -0.298 e. The Hall–Kier alpha value is -1.85. The van der Waals surface area contributed by atoms with Crippen LogP contribution < -0.4 is 5.32 Å². The molecular weight excluding hydrogens is 324 g/mol. The monoisotopic (exact) mass is 342 g/mol. The fourth-order valence-electron chi connectivity index (χ4n) is 2.46. The molecule has 0 radical (unpaired) electrons. The molecule has 23 heavy (non-hydrogen) atoms. The lowest BCUT2D eigenvalue weighted by Gasteiger charge is -2.03. The number of rotatable bonds is 4. The molecule has 118 valence electrons. The van der Waals surface area contributed by atoms with Crippen molar-refractivity contribution in [3.8, 4) is 0 Å². The second-order valence-electron chi connectivity index (χ2n) is 5.36. The normalized spacial score (nSPS) is 10.9. The molecule has 5 heteroatoms. The number of hydrogen-bond donors (Lipinski definition) is 1. The Morgan fingerprint density at radius 1 is 1.22 bits per heavy atom. The van der Waals surface area contributed by atoms with E-state index >= 15 is 0 Å². The Morgan fingerprint density at radius 3 is 2.65 bits per heavy atom. The van der Waals surface area contributed by atoms with Crippen LogP contribution in [-0.4, -0.2) is 16.6 Å². The maximum Gasteiger partial charge on any atom is 0.257 e. The Bertz CT molecular complexity index is 853. The number of thiazole rings is 1. The molecular formula is C18H18N2OS2. The molecule has 0 aliphatic heterocycles. The van der Waals surface area contributed by atoms with Crippen LogP contribution in [0.4, 0.5) is 5.13 Å². The van der Waals surface area contributed by atoms with Gasteiger partial charge in [-0.25, -0.2) is 4.98 Å². The molecule has 3 rings (SSSR count). The van der Waals surface area contributed by atoms with Crippen molar-refractivity contribution in [3.63, 3.8) is 0 Å². The molecule has 1 N–H and O–H groups in total. The highest BCUT2D eigenvalue weighted by atomic mass is 32.2. The van der Waals surface area contributed by atoms with Gasteiger partial charge in [0.2, 0.25) is 0 Å². The van der Waals surface area contributed by atoms with Gasteiger partial charge in [-0.2, -0.15) is 0 Å². The number of hydrogen-bond acceptors (Lipinski definition) is 4. The average Bonchev–Trinajstić information content (AvgIpc) is 2.91. The zero-order valence-corrected chi connectivity index (χ0v) is 15.0. The van der Waals surface area contributed by atoms with E-state index in [1.807, 2.05) is 31.2 Å². The second-order valence-corrected chi connectivity index (χ2v) is 7.73. The summed E-state index contributed by atoms with van der Waals surface area (Å²) < 4.78 is 1.10. The Morgan fingerprint density at radius 2 is 1.96 bits per heavy atom. The van der Waals surface area contributed by atoms with E-state index in [1.54, 1.807) is 11.8 Å². The Labute approximate surface area is 144 Å². The van der Waals surface area contributed by atoms with Gasteiger partial charge in [0.25, 0.3) is 5.91 Å². The predicted molar refractivity (Wildman–Crippen MR) is 99.9 cm³/mol. The molecule has 0 saturated carbocycles. The van der Waals surface area contributed by atoms with Crippen LogP contribution in [0.1, 0.15) is 28.4 Å². The quantitative estimate of drug-likeness (QED) is 0.656. The van der Waals surface area contributed by atoms with E-state index in [-0.39, 0.29) is 5.91 Å². The van der Waals surface area contributed by atoms with Gasteiger partial charge in [-0.3, -0.25) is 10.1 Å². The van der Waals surface area contributed by atoms with E-state index in [4.69, 9.17) is 0 Å². The van der Waals surface area contributed by atoms with Crippen LogP contribution in [0.5, 0.6) is 0 Å². The number of fused-ring (bicyclic) bond motifs is 1. The van der Waals surface area contributed by atoms with Crippen LogP contribution >= 0.6 is 23.1 Å². The van der Waals surface area contributed by atoms with E-state index in [0.717, 1.165) is 21.5 Å². The SMILES string of the molecule is CCSc1ccc(C(=O)Nc2nc3c(C)cc(C)cc3s2)cc1. The molecule has 1 aromatic heterocycles. The standard InChI is InChI=1S/C18H18N2OS2/c1-4-22-14-7-5-13(6-8-14)17(21)20-18-19-16-12(3)9-11(2)10-15(16)23-18/h5-10H,4H2,1-3H3,(H,19,20,21). The zero-order valence-electron chi connectivity index (χ0n) is 13.3. The van der Waals surface area contributed by atoms with E-state index in [0.29, 0.717) is 10.7 Å². The third-order valence-corrected chi connectivity index (χ3v) is 5.29. The molecule has 0 spiro atoms. The summed E-state index contributed by atoms with van der Waals surface area (Å²) in [5.41, 5.74) is 3.96. The minimum atomic E-state index is -0.119. The highest BCUT2D eigenvalue weighted by Gasteiger charge is 2.11. The summed E-state index contributed by atoms with van der Waals surface area (Å²) in [7, 11) is 0. The Balaban J connectivity index is 1.81. The molecule has 0 saturated heterocycles. The molecule has 0 bridgehead atoms. The number of anilines is 1. The van der Waals surface area contributed by atoms with Crippen molar-refractivity contribution in [3.05, 3.63) is 53.1 Å². The highest BCUT2D eigenvalue weighted by molar-refractivity contribution is 7.99. The number of aromatic nitrogens is 1. The van der Waals surface area contributed by atoms with E-state index in [1.165, 1.54) is 21.8 Å². The molecule has 0 unspecified atom stereocenters. The van der Waals surface area contributed by atoms with Crippen molar-refractivity contribution >= 4 is 44.4 Å². The first-order valence-electron chi connectivity index (χ1n) is 7.49. The van der Waals surface area contributed by atoms with E-state index in [9.17, 15) is 4.79 Å². The number of carbonyl (C=O) groups excluding carboxylic acids is 1. The van der Waals surface area contributed by atoms with Crippen LogP contribution in [0.2, 0.25) is 0 Å². The van der Waals surface area contributed by atoms with Gasteiger partial charge in [-0.15, -0.1) is 11.8 Å². The topological polar surface area (TPSA) is 42.0 Å². The van der Waals surface area contributed by atoms with Crippen molar-refractivity contribution in [2.45, 2.75) is 25.7 Å². The number of aryl methyl sites for hydroxylation is 2. The molecule has 0 aliphatic rings. The van der Waals surface area contributed by atoms with Crippen LogP contribution in [-0.2, 0) is 0 Å². The van der Waals surface area contributed by atoms with Gasteiger partial charge < -0.3 is 0 Å². The van der Waals surface area contributed by atoms with E-state index < -0.39 is 0 Å². The third kappa shape index (κ3) is 3.57. The van der Waals surface area contributed by atoms with Gasteiger partial charge in [0.1, 0.15) is 0 Å². The van der Waals surface area contributed by atoms with Crippen molar-refractivity contribution < 1.29 is 4.79 Å². The van der Waals surface area contributed by atoms with Gasteiger partial charge in [0.15, 0.2) is 5.13 Å². The number of benzene rings is 2. The molecule has 0 fully saturated rings. The molecule has 0 aliphatic carbocycles. The zero-order chi connectivity index (χ0) is 16.4. The number of nitrogens with zero attached hydrogens (tertiary/aromatic N) is 1. The first-order chi connectivity index (χ1) is 11.1. The molecule has 1 heterocycles. The van der Waals surface area contributed by atoms with Crippen molar-refractivity contribution in [2.75, 3.05) is 11.1 Å². The lowest BCUT2D eigenvalue weighted by molar-refractivity contribution is 0.102. The fraction of sp³-hybridized carbons (Fsp3) is 0.222. The molecule has 2 aromatic carbocycles. The summed E-state index contributed by atoms with van der Waals surface area (Å²) in [6, 6.07) is 11.9. The third-order valence-electron chi connectivity index (χ3n) is 3.48. The molecule has 3 aromatic rings. The first kappa shape index (κ1) is 16.0. The summed E-state index contributed by atoms with van der Waals surface area (Å²) >= 11 is 3.28. The lowest BCUT2D eigenvalue weighted by atomic mass is 10.1. The van der Waals surface area contributed by atoms with Crippen LogP contribution in [0.25, 0.3) is 10.2 Å². The summed E-state index contributed by atoms with van der Waals surface area (Å²) in [6.07, 6.45) is 0. The predicted octanol–water partition coefficient (Wildman–Crippen LogP) is 5.28. The summed E-state index contributed by atoms with van der Waals surface area (Å²) in [6.45, 7) is 6.23.